The number of likely N-dealkylation sites (tertiary alicyclic amines) is 1. The number of hydrogen-bond acceptors (Lipinski definition) is 6. The van der Waals surface area contributed by atoms with Gasteiger partial charge >= 0.3 is 6.09 Å². The second-order valence-electron chi connectivity index (χ2n) is 12.0. The van der Waals surface area contributed by atoms with Crippen molar-refractivity contribution in [3.8, 4) is 0 Å². The number of imide groups is 1. The third-order valence-corrected chi connectivity index (χ3v) is 8.51. The first-order valence-electron chi connectivity index (χ1n) is 13.3. The predicted octanol–water partition coefficient (Wildman–Crippen LogP) is 2.74. The van der Waals surface area contributed by atoms with Gasteiger partial charge < -0.3 is 19.1 Å². The molecule has 1 aromatic rings. The number of rotatable bonds is 2. The fourth-order valence-electron chi connectivity index (χ4n) is 6.35. The fourth-order valence-corrected chi connectivity index (χ4v) is 6.35. The number of nitrogens with one attached hydrogen (secondary N) is 1. The second kappa shape index (κ2) is 9.29. The van der Waals surface area contributed by atoms with Crippen LogP contribution < -0.4 is 10.9 Å². The lowest BCUT2D eigenvalue weighted by molar-refractivity contribution is -0.136. The minimum Gasteiger partial charge on any atom is -0.444 e. The molecule has 1 aromatic heterocycles. The average molecular weight is 513 g/mol. The van der Waals surface area contributed by atoms with Gasteiger partial charge in [0.2, 0.25) is 11.8 Å². The molecule has 1 N–H and O–H groups in total. The standard InChI is InChI=1S/C27H36N4O6/c1-26(2,3)37-25(36)29-14-11-27(12-15-29)9-6-17(7-10-27)30-13-8-18-19(24(30)35)16-31(23(18)34)20-4-5-21(32)28-22(20)33/h8,13,17,20H,4-7,9-12,14-16H2,1-3H3,(H,28,32,33)/t20-/m1/s1. The number of aromatic nitrogens is 1. The molecule has 5 rings (SSSR count). The van der Waals surface area contributed by atoms with E-state index in [0.717, 1.165) is 38.5 Å². The van der Waals surface area contributed by atoms with Crippen LogP contribution in [0.2, 0.25) is 0 Å². The Bertz CT molecular complexity index is 1180. The van der Waals surface area contributed by atoms with Gasteiger partial charge in [-0.25, -0.2) is 4.79 Å². The summed E-state index contributed by atoms with van der Waals surface area (Å²) in [7, 11) is 0. The number of carbonyl (C=O) groups excluding carboxylic acids is 4. The zero-order valence-electron chi connectivity index (χ0n) is 21.9. The van der Waals surface area contributed by atoms with Gasteiger partial charge in [0.05, 0.1) is 12.1 Å². The van der Waals surface area contributed by atoms with Crippen molar-refractivity contribution in [1.82, 2.24) is 19.7 Å². The second-order valence-corrected chi connectivity index (χ2v) is 12.0. The summed E-state index contributed by atoms with van der Waals surface area (Å²) in [6, 6.07) is 1.04. The number of hydrogen-bond donors (Lipinski definition) is 1. The van der Waals surface area contributed by atoms with E-state index in [9.17, 15) is 24.0 Å². The summed E-state index contributed by atoms with van der Waals surface area (Å²) in [6.45, 7) is 7.10. The van der Waals surface area contributed by atoms with Crippen molar-refractivity contribution in [2.45, 2.75) is 96.4 Å². The molecule has 4 heterocycles. The summed E-state index contributed by atoms with van der Waals surface area (Å²) in [5.74, 6) is -1.14. The Labute approximate surface area is 216 Å². The maximum atomic E-state index is 13.4. The van der Waals surface area contributed by atoms with Crippen LogP contribution in [0.4, 0.5) is 4.79 Å². The van der Waals surface area contributed by atoms with Crippen molar-refractivity contribution in [3.63, 3.8) is 0 Å². The Morgan fingerprint density at radius 2 is 1.70 bits per heavy atom. The number of carbonyl (C=O) groups is 4. The predicted molar refractivity (Wildman–Crippen MR) is 134 cm³/mol. The molecule has 10 nitrogen and oxygen atoms in total. The van der Waals surface area contributed by atoms with E-state index in [1.165, 1.54) is 4.90 Å². The van der Waals surface area contributed by atoms with Gasteiger partial charge in [-0.1, -0.05) is 0 Å². The Kier molecular flexibility index (Phi) is 6.40. The summed E-state index contributed by atoms with van der Waals surface area (Å²) in [5.41, 5.74) is 0.308. The van der Waals surface area contributed by atoms with Gasteiger partial charge in [-0.15, -0.1) is 0 Å². The molecule has 4 aliphatic rings. The molecule has 0 unspecified atom stereocenters. The average Bonchev–Trinajstić information content (AvgIpc) is 3.16. The van der Waals surface area contributed by atoms with Crippen molar-refractivity contribution >= 4 is 23.8 Å². The van der Waals surface area contributed by atoms with E-state index in [1.54, 1.807) is 21.7 Å². The van der Waals surface area contributed by atoms with Gasteiger partial charge in [0.1, 0.15) is 11.6 Å². The quantitative estimate of drug-likeness (QED) is 0.609. The number of amides is 4. The molecule has 1 saturated carbocycles. The number of fused-ring (bicyclic) bond motifs is 1. The van der Waals surface area contributed by atoms with Crippen LogP contribution in [0.3, 0.4) is 0 Å². The fraction of sp³-hybridized carbons (Fsp3) is 0.667. The van der Waals surface area contributed by atoms with Gasteiger partial charge in [0.15, 0.2) is 0 Å². The van der Waals surface area contributed by atoms with E-state index in [0.29, 0.717) is 24.2 Å². The van der Waals surface area contributed by atoms with Crippen LogP contribution >= 0.6 is 0 Å². The molecule has 0 bridgehead atoms. The minimum absolute atomic E-state index is 0.0621. The molecule has 3 aliphatic heterocycles. The third-order valence-electron chi connectivity index (χ3n) is 8.51. The molecule has 200 valence electrons. The van der Waals surface area contributed by atoms with Crippen LogP contribution in [-0.2, 0) is 20.9 Å². The number of piperidine rings is 2. The van der Waals surface area contributed by atoms with E-state index >= 15 is 0 Å². The van der Waals surface area contributed by atoms with Gasteiger partial charge in [0.25, 0.3) is 11.5 Å². The molecule has 37 heavy (non-hydrogen) atoms. The van der Waals surface area contributed by atoms with Crippen molar-refractivity contribution in [3.05, 3.63) is 33.7 Å². The van der Waals surface area contributed by atoms with Gasteiger partial charge in [-0.2, -0.15) is 0 Å². The Balaban J connectivity index is 1.22. The Morgan fingerprint density at radius 3 is 2.32 bits per heavy atom. The summed E-state index contributed by atoms with van der Waals surface area (Å²) < 4.78 is 7.29. The van der Waals surface area contributed by atoms with E-state index in [2.05, 4.69) is 5.32 Å². The van der Waals surface area contributed by atoms with Crippen LogP contribution in [0, 0.1) is 5.41 Å². The largest absolute Gasteiger partial charge is 0.444 e. The minimum atomic E-state index is -0.730. The lowest BCUT2D eigenvalue weighted by Gasteiger charge is -2.46. The highest BCUT2D eigenvalue weighted by Crippen LogP contribution is 2.47. The summed E-state index contributed by atoms with van der Waals surface area (Å²) in [6.07, 6.45) is 7.53. The molecule has 0 aromatic carbocycles. The topological polar surface area (TPSA) is 118 Å². The maximum absolute atomic E-state index is 13.4. The molecule has 3 fully saturated rings. The van der Waals surface area contributed by atoms with Gasteiger partial charge in [-0.3, -0.25) is 24.5 Å². The van der Waals surface area contributed by atoms with Crippen LogP contribution in [0.25, 0.3) is 0 Å². The molecule has 4 amide bonds. The molecular weight excluding hydrogens is 476 g/mol. The van der Waals surface area contributed by atoms with Crippen molar-refractivity contribution < 1.29 is 23.9 Å². The molecule has 1 spiro atoms. The maximum Gasteiger partial charge on any atom is 0.410 e. The van der Waals surface area contributed by atoms with Gasteiger partial charge in [0, 0.05) is 37.3 Å². The normalized spacial score (nSPS) is 24.3. The lowest BCUT2D eigenvalue weighted by Crippen LogP contribution is -2.52. The number of nitrogens with zero attached hydrogens (tertiary/aromatic N) is 3. The Hall–Kier alpha value is -3.17. The first-order chi connectivity index (χ1) is 17.5. The first-order valence-corrected chi connectivity index (χ1v) is 13.3. The summed E-state index contributed by atoms with van der Waals surface area (Å²) in [4.78, 5) is 65.9. The molecule has 1 atom stereocenters. The summed E-state index contributed by atoms with van der Waals surface area (Å²) >= 11 is 0. The van der Waals surface area contributed by atoms with Crippen molar-refractivity contribution in [2.24, 2.45) is 5.41 Å². The zero-order chi connectivity index (χ0) is 26.5. The van der Waals surface area contributed by atoms with E-state index < -0.39 is 17.6 Å². The van der Waals surface area contributed by atoms with Crippen LogP contribution in [0.1, 0.15) is 94.1 Å². The van der Waals surface area contributed by atoms with E-state index in [-0.39, 0.29) is 54.3 Å². The van der Waals surface area contributed by atoms with Crippen LogP contribution in [-0.4, -0.2) is 62.9 Å². The highest BCUT2D eigenvalue weighted by Gasteiger charge is 2.42. The third kappa shape index (κ3) is 4.90. The van der Waals surface area contributed by atoms with E-state index in [4.69, 9.17) is 4.74 Å². The van der Waals surface area contributed by atoms with Crippen molar-refractivity contribution in [2.75, 3.05) is 13.1 Å². The van der Waals surface area contributed by atoms with Crippen molar-refractivity contribution in [1.29, 1.82) is 0 Å². The monoisotopic (exact) mass is 512 g/mol. The van der Waals surface area contributed by atoms with Gasteiger partial charge in [-0.05, 0) is 77.2 Å². The van der Waals surface area contributed by atoms with Crippen LogP contribution in [0.5, 0.6) is 0 Å². The van der Waals surface area contributed by atoms with E-state index in [1.807, 2.05) is 20.8 Å². The molecule has 2 saturated heterocycles. The summed E-state index contributed by atoms with van der Waals surface area (Å²) in [5, 5.41) is 2.29. The first kappa shape index (κ1) is 25.5. The SMILES string of the molecule is CC(C)(C)OC(=O)N1CCC2(CCC(n3ccc4c(c3=O)CN([C@@H]3CCC(=O)NC3=O)C4=O)CC2)CC1. The lowest BCUT2D eigenvalue weighted by atomic mass is 9.67. The highest BCUT2D eigenvalue weighted by molar-refractivity contribution is 6.05. The smallest absolute Gasteiger partial charge is 0.410 e. The zero-order valence-corrected chi connectivity index (χ0v) is 21.9. The van der Waals surface area contributed by atoms with Crippen LogP contribution in [0.15, 0.2) is 17.1 Å². The molecular formula is C27H36N4O6. The molecule has 1 aliphatic carbocycles. The number of pyridine rings is 1. The highest BCUT2D eigenvalue weighted by atomic mass is 16.6. The number of ether oxygens (including phenoxy) is 1. The molecule has 10 heteroatoms. The molecule has 0 radical (unpaired) electrons. The Morgan fingerprint density at radius 1 is 1.03 bits per heavy atom.